The van der Waals surface area contributed by atoms with Gasteiger partial charge in [0.05, 0.1) is 30.2 Å². The second kappa shape index (κ2) is 10.0. The zero-order valence-corrected chi connectivity index (χ0v) is 20.7. The van der Waals surface area contributed by atoms with Crippen LogP contribution in [0.4, 0.5) is 0 Å². The predicted octanol–water partition coefficient (Wildman–Crippen LogP) is 6.70. The van der Waals surface area contributed by atoms with Crippen LogP contribution in [0.15, 0.2) is 122 Å². The summed E-state index contributed by atoms with van der Waals surface area (Å²) in [4.78, 5) is 18.1. The van der Waals surface area contributed by atoms with E-state index in [1.54, 1.807) is 0 Å². The summed E-state index contributed by atoms with van der Waals surface area (Å²) in [6.07, 6.45) is 7.70. The van der Waals surface area contributed by atoms with Crippen molar-refractivity contribution in [2.45, 2.75) is 13.1 Å². The first-order valence-corrected chi connectivity index (χ1v) is 12.5. The molecule has 38 heavy (non-hydrogen) atoms. The van der Waals surface area contributed by atoms with Crippen LogP contribution in [0.2, 0.25) is 0 Å². The molecular weight excluding hydrogens is 468 g/mol. The topological polar surface area (TPSA) is 63.6 Å². The molecule has 0 aliphatic heterocycles. The van der Waals surface area contributed by atoms with Gasteiger partial charge in [-0.15, -0.1) is 0 Å². The average Bonchev–Trinajstić information content (AvgIpc) is 3.60. The van der Waals surface area contributed by atoms with E-state index in [0.29, 0.717) is 29.8 Å². The summed E-state index contributed by atoms with van der Waals surface area (Å²) in [5.41, 5.74) is 6.03. The van der Waals surface area contributed by atoms with Crippen LogP contribution >= 0.6 is 0 Å². The van der Waals surface area contributed by atoms with Gasteiger partial charge in [0.15, 0.2) is 5.78 Å². The predicted molar refractivity (Wildman–Crippen MR) is 149 cm³/mol. The lowest BCUT2D eigenvalue weighted by molar-refractivity contribution is 0.103. The minimum Gasteiger partial charge on any atom is -0.347 e. The molecule has 182 valence electrons. The Balaban J connectivity index is 1.39. The van der Waals surface area contributed by atoms with Gasteiger partial charge in [-0.1, -0.05) is 84.9 Å². The van der Waals surface area contributed by atoms with E-state index in [9.17, 15) is 4.79 Å². The zero-order valence-electron chi connectivity index (χ0n) is 20.7. The molecule has 0 atom stereocenters. The fourth-order valence-electron chi connectivity index (χ4n) is 4.89. The standard InChI is InChI=1S/C33H24N4O/c34-17-24-13-15-25(16-14-24)19-37-23-35-18-28(37)20-36-21-31(30-12-6-10-26-7-4-5-11-29(26)30)32(22-36)33(38)27-8-2-1-3-9-27/h1-16,18,21-23H,19-20H2. The van der Waals surface area contributed by atoms with Gasteiger partial charge in [-0.25, -0.2) is 4.98 Å². The number of carbonyl (C=O) groups is 1. The Morgan fingerprint density at radius 3 is 2.37 bits per heavy atom. The van der Waals surface area contributed by atoms with E-state index in [-0.39, 0.29) is 5.78 Å². The molecule has 0 aliphatic rings. The van der Waals surface area contributed by atoms with Crippen molar-refractivity contribution in [1.29, 1.82) is 5.26 Å². The Morgan fingerprint density at radius 2 is 1.55 bits per heavy atom. The van der Waals surface area contributed by atoms with Gasteiger partial charge in [-0.3, -0.25) is 4.79 Å². The smallest absolute Gasteiger partial charge is 0.195 e. The first-order valence-electron chi connectivity index (χ1n) is 12.5. The number of nitriles is 1. The zero-order chi connectivity index (χ0) is 25.9. The van der Waals surface area contributed by atoms with Gasteiger partial charge >= 0.3 is 0 Å². The second-order valence-electron chi connectivity index (χ2n) is 9.30. The van der Waals surface area contributed by atoms with Crippen molar-refractivity contribution in [3.63, 3.8) is 0 Å². The van der Waals surface area contributed by atoms with Crippen LogP contribution in [0.5, 0.6) is 0 Å². The summed E-state index contributed by atoms with van der Waals surface area (Å²) in [6, 6.07) is 33.6. The number of carbonyl (C=O) groups excluding carboxylic acids is 1. The highest BCUT2D eigenvalue weighted by Gasteiger charge is 2.19. The van der Waals surface area contributed by atoms with E-state index in [0.717, 1.165) is 33.2 Å². The van der Waals surface area contributed by atoms with E-state index in [4.69, 9.17) is 5.26 Å². The third-order valence-corrected chi connectivity index (χ3v) is 6.82. The van der Waals surface area contributed by atoms with Crippen molar-refractivity contribution < 1.29 is 4.79 Å². The quantitative estimate of drug-likeness (QED) is 0.233. The third kappa shape index (κ3) is 4.52. The summed E-state index contributed by atoms with van der Waals surface area (Å²) in [5.74, 6) is -0.00151. The van der Waals surface area contributed by atoms with Gasteiger partial charge in [-0.05, 0) is 34.0 Å². The van der Waals surface area contributed by atoms with Crippen molar-refractivity contribution in [3.8, 4) is 17.2 Å². The maximum Gasteiger partial charge on any atom is 0.195 e. The molecule has 0 unspecified atom stereocenters. The fourth-order valence-corrected chi connectivity index (χ4v) is 4.89. The molecule has 6 aromatic rings. The molecule has 2 aromatic heterocycles. The van der Waals surface area contributed by atoms with Gasteiger partial charge in [-0.2, -0.15) is 5.26 Å². The van der Waals surface area contributed by atoms with E-state index in [1.807, 2.05) is 91.5 Å². The van der Waals surface area contributed by atoms with Crippen molar-refractivity contribution in [2.24, 2.45) is 0 Å². The summed E-state index contributed by atoms with van der Waals surface area (Å²) >= 11 is 0. The van der Waals surface area contributed by atoms with Crippen LogP contribution in [-0.2, 0) is 13.1 Å². The van der Waals surface area contributed by atoms with Crippen LogP contribution in [-0.4, -0.2) is 19.9 Å². The SMILES string of the molecule is N#Cc1ccc(Cn2cncc2Cn2cc(C(=O)c3ccccc3)c(-c3cccc4ccccc34)c2)cc1. The first-order chi connectivity index (χ1) is 18.7. The van der Waals surface area contributed by atoms with Crippen LogP contribution in [0.25, 0.3) is 21.9 Å². The van der Waals surface area contributed by atoms with Crippen molar-refractivity contribution in [3.05, 3.63) is 150 Å². The molecule has 2 heterocycles. The number of aromatic nitrogens is 3. The van der Waals surface area contributed by atoms with Crippen LogP contribution in [0, 0.1) is 11.3 Å². The molecule has 0 bridgehead atoms. The van der Waals surface area contributed by atoms with Gasteiger partial charge in [0.25, 0.3) is 0 Å². The average molecular weight is 493 g/mol. The molecule has 0 spiro atoms. The Morgan fingerprint density at radius 1 is 0.789 bits per heavy atom. The van der Waals surface area contributed by atoms with E-state index >= 15 is 0 Å². The highest BCUT2D eigenvalue weighted by atomic mass is 16.1. The minimum atomic E-state index is -0.00151. The van der Waals surface area contributed by atoms with E-state index in [1.165, 1.54) is 0 Å². The number of ketones is 1. The van der Waals surface area contributed by atoms with E-state index < -0.39 is 0 Å². The van der Waals surface area contributed by atoms with Crippen molar-refractivity contribution in [2.75, 3.05) is 0 Å². The lowest BCUT2D eigenvalue weighted by Crippen LogP contribution is -2.07. The molecule has 5 nitrogen and oxygen atoms in total. The number of benzene rings is 4. The maximum atomic E-state index is 13.7. The second-order valence-corrected chi connectivity index (χ2v) is 9.30. The van der Waals surface area contributed by atoms with Gasteiger partial charge in [0.2, 0.25) is 0 Å². The van der Waals surface area contributed by atoms with Crippen LogP contribution < -0.4 is 0 Å². The molecule has 0 fully saturated rings. The molecule has 0 amide bonds. The molecule has 0 N–H and O–H groups in total. The monoisotopic (exact) mass is 492 g/mol. The molecule has 4 aromatic carbocycles. The fraction of sp³-hybridized carbons (Fsp3) is 0.0606. The largest absolute Gasteiger partial charge is 0.347 e. The number of fused-ring (bicyclic) bond motifs is 1. The Bertz CT molecular complexity index is 1780. The molecule has 0 saturated heterocycles. The molecular formula is C33H24N4O. The number of rotatable bonds is 7. The van der Waals surface area contributed by atoms with Gasteiger partial charge in [0, 0.05) is 41.8 Å². The maximum absolute atomic E-state index is 13.7. The number of nitrogens with zero attached hydrogens (tertiary/aromatic N) is 4. The lowest BCUT2D eigenvalue weighted by Gasteiger charge is -2.09. The van der Waals surface area contributed by atoms with Gasteiger partial charge in [0.1, 0.15) is 0 Å². The molecule has 0 aliphatic carbocycles. The first kappa shape index (κ1) is 23.2. The molecule has 0 saturated carbocycles. The van der Waals surface area contributed by atoms with Crippen LogP contribution in [0.1, 0.15) is 32.7 Å². The summed E-state index contributed by atoms with van der Waals surface area (Å²) < 4.78 is 4.16. The number of hydrogen-bond acceptors (Lipinski definition) is 3. The normalized spacial score (nSPS) is 10.9. The summed E-state index contributed by atoms with van der Waals surface area (Å²) in [7, 11) is 0. The van der Waals surface area contributed by atoms with Crippen molar-refractivity contribution >= 4 is 16.6 Å². The molecule has 5 heteroatoms. The lowest BCUT2D eigenvalue weighted by atomic mass is 9.94. The van der Waals surface area contributed by atoms with Gasteiger partial charge < -0.3 is 9.13 Å². The Labute approximate surface area is 220 Å². The summed E-state index contributed by atoms with van der Waals surface area (Å²) in [5, 5.41) is 11.3. The van der Waals surface area contributed by atoms with Crippen molar-refractivity contribution in [1.82, 2.24) is 14.1 Å². The Hall–Kier alpha value is -5.21. The highest BCUT2D eigenvalue weighted by Crippen LogP contribution is 2.33. The molecule has 6 rings (SSSR count). The summed E-state index contributed by atoms with van der Waals surface area (Å²) in [6.45, 7) is 1.21. The Kier molecular flexibility index (Phi) is 6.13. The number of hydrogen-bond donors (Lipinski definition) is 0. The van der Waals surface area contributed by atoms with E-state index in [2.05, 4.69) is 50.6 Å². The molecule has 0 radical (unpaired) electrons. The number of imidazole rings is 1. The third-order valence-electron chi connectivity index (χ3n) is 6.82. The minimum absolute atomic E-state index is 0.00151. The van der Waals surface area contributed by atoms with Crippen LogP contribution in [0.3, 0.4) is 0 Å². The highest BCUT2D eigenvalue weighted by molar-refractivity contribution is 6.14.